The van der Waals surface area contributed by atoms with E-state index in [2.05, 4.69) is 46.5 Å². The summed E-state index contributed by atoms with van der Waals surface area (Å²) < 4.78 is 0. The number of H-pyrrole nitrogens is 1. The van der Waals surface area contributed by atoms with Crippen LogP contribution in [-0.4, -0.2) is 9.97 Å². The van der Waals surface area contributed by atoms with Crippen LogP contribution in [0.4, 0.5) is 5.95 Å². The molecule has 0 spiro atoms. The van der Waals surface area contributed by atoms with Gasteiger partial charge in [-0.3, -0.25) is 9.78 Å². The highest BCUT2D eigenvalue weighted by atomic mass is 16.1. The second kappa shape index (κ2) is 8.29. The number of benzene rings is 2. The van der Waals surface area contributed by atoms with Crippen LogP contribution in [0.25, 0.3) is 0 Å². The van der Waals surface area contributed by atoms with Crippen molar-refractivity contribution in [3.05, 3.63) is 93.9 Å². The van der Waals surface area contributed by atoms with E-state index in [9.17, 15) is 4.79 Å². The molecule has 25 heavy (non-hydrogen) atoms. The second-order valence-electron chi connectivity index (χ2n) is 6.09. The van der Waals surface area contributed by atoms with Gasteiger partial charge in [0.05, 0.1) is 6.04 Å². The molecule has 0 radical (unpaired) electrons. The molecule has 4 nitrogen and oxygen atoms in total. The number of aromatic nitrogens is 2. The number of aromatic amines is 1. The van der Waals surface area contributed by atoms with E-state index in [1.165, 1.54) is 0 Å². The Bertz CT molecular complexity index is 804. The topological polar surface area (TPSA) is 57.8 Å². The Hall–Kier alpha value is -2.88. The van der Waals surface area contributed by atoms with Gasteiger partial charge in [0.1, 0.15) is 0 Å². The van der Waals surface area contributed by atoms with Crippen molar-refractivity contribution in [3.8, 4) is 0 Å². The normalized spacial score (nSPS) is 10.8. The average molecular weight is 333 g/mol. The van der Waals surface area contributed by atoms with E-state index in [0.717, 1.165) is 36.1 Å². The molecule has 4 heteroatoms. The fourth-order valence-electron chi connectivity index (χ4n) is 2.85. The molecule has 0 aliphatic rings. The quantitative estimate of drug-likeness (QED) is 0.677. The van der Waals surface area contributed by atoms with Crippen molar-refractivity contribution in [3.63, 3.8) is 0 Å². The molecule has 3 rings (SSSR count). The Morgan fingerprint density at radius 3 is 2.16 bits per heavy atom. The van der Waals surface area contributed by atoms with Gasteiger partial charge < -0.3 is 5.32 Å². The molecule has 0 aliphatic carbocycles. The van der Waals surface area contributed by atoms with Gasteiger partial charge >= 0.3 is 0 Å². The SMILES string of the molecule is CCCCc1cc(=O)[nH]c(NC(c2ccccc2)c2ccccc2)n1. The van der Waals surface area contributed by atoms with Crippen LogP contribution in [0.2, 0.25) is 0 Å². The minimum Gasteiger partial charge on any atom is -0.345 e. The zero-order valence-corrected chi connectivity index (χ0v) is 14.4. The summed E-state index contributed by atoms with van der Waals surface area (Å²) in [6.07, 6.45) is 2.92. The Morgan fingerprint density at radius 1 is 1.00 bits per heavy atom. The van der Waals surface area contributed by atoms with Crippen LogP contribution in [0, 0.1) is 0 Å². The summed E-state index contributed by atoms with van der Waals surface area (Å²) in [4.78, 5) is 19.4. The van der Waals surface area contributed by atoms with Crippen LogP contribution in [0.5, 0.6) is 0 Å². The molecule has 2 aromatic carbocycles. The summed E-state index contributed by atoms with van der Waals surface area (Å²) >= 11 is 0. The molecular formula is C21H23N3O. The maximum atomic E-state index is 12.0. The van der Waals surface area contributed by atoms with E-state index in [0.29, 0.717) is 5.95 Å². The lowest BCUT2D eigenvalue weighted by Gasteiger charge is -2.20. The average Bonchev–Trinajstić information content (AvgIpc) is 2.65. The third-order valence-electron chi connectivity index (χ3n) is 4.13. The minimum atomic E-state index is -0.122. The van der Waals surface area contributed by atoms with E-state index >= 15 is 0 Å². The summed E-state index contributed by atoms with van der Waals surface area (Å²) in [5.74, 6) is 0.510. The Kier molecular flexibility index (Phi) is 5.62. The fraction of sp³-hybridized carbons (Fsp3) is 0.238. The first-order valence-electron chi connectivity index (χ1n) is 8.73. The largest absolute Gasteiger partial charge is 0.345 e. The van der Waals surface area contributed by atoms with Crippen molar-refractivity contribution in [2.45, 2.75) is 32.2 Å². The predicted molar refractivity (Wildman–Crippen MR) is 102 cm³/mol. The maximum Gasteiger partial charge on any atom is 0.252 e. The highest BCUT2D eigenvalue weighted by molar-refractivity contribution is 5.41. The first-order valence-corrected chi connectivity index (χ1v) is 8.73. The third-order valence-corrected chi connectivity index (χ3v) is 4.13. The van der Waals surface area contributed by atoms with Gasteiger partial charge in [-0.15, -0.1) is 0 Å². The lowest BCUT2D eigenvalue weighted by molar-refractivity contribution is 0.769. The molecule has 3 aromatic rings. The van der Waals surface area contributed by atoms with Crippen molar-refractivity contribution in [1.82, 2.24) is 9.97 Å². The lowest BCUT2D eigenvalue weighted by atomic mass is 9.99. The maximum absolute atomic E-state index is 12.0. The number of hydrogen-bond donors (Lipinski definition) is 2. The molecule has 0 unspecified atom stereocenters. The van der Waals surface area contributed by atoms with Crippen LogP contribution in [0.3, 0.4) is 0 Å². The second-order valence-corrected chi connectivity index (χ2v) is 6.09. The number of nitrogens with zero attached hydrogens (tertiary/aromatic N) is 1. The number of hydrogen-bond acceptors (Lipinski definition) is 3. The summed E-state index contributed by atoms with van der Waals surface area (Å²) in [6, 6.07) is 21.9. The smallest absolute Gasteiger partial charge is 0.252 e. The van der Waals surface area contributed by atoms with E-state index in [4.69, 9.17) is 0 Å². The molecule has 0 aliphatic heterocycles. The van der Waals surface area contributed by atoms with Crippen LogP contribution < -0.4 is 10.9 Å². The molecule has 0 saturated carbocycles. The van der Waals surface area contributed by atoms with E-state index in [1.807, 2.05) is 36.4 Å². The molecular weight excluding hydrogens is 310 g/mol. The summed E-state index contributed by atoms with van der Waals surface area (Å²) in [6.45, 7) is 2.13. The zero-order chi connectivity index (χ0) is 17.5. The van der Waals surface area contributed by atoms with Gasteiger partial charge in [-0.1, -0.05) is 74.0 Å². The molecule has 0 atom stereocenters. The van der Waals surface area contributed by atoms with Gasteiger partial charge in [0.25, 0.3) is 5.56 Å². The Morgan fingerprint density at radius 2 is 1.60 bits per heavy atom. The first kappa shape index (κ1) is 17.0. The van der Waals surface area contributed by atoms with Gasteiger partial charge in [0, 0.05) is 11.8 Å². The molecule has 2 N–H and O–H groups in total. The van der Waals surface area contributed by atoms with Crippen LogP contribution >= 0.6 is 0 Å². The summed E-state index contributed by atoms with van der Waals surface area (Å²) in [7, 11) is 0. The number of unbranched alkanes of at least 4 members (excludes halogenated alkanes) is 1. The van der Waals surface area contributed by atoms with Crippen LogP contribution in [0.15, 0.2) is 71.5 Å². The minimum absolute atomic E-state index is 0.0769. The molecule has 0 fully saturated rings. The number of aryl methyl sites for hydroxylation is 1. The Balaban J connectivity index is 1.93. The van der Waals surface area contributed by atoms with Gasteiger partial charge in [-0.05, 0) is 24.0 Å². The van der Waals surface area contributed by atoms with E-state index < -0.39 is 0 Å². The molecule has 0 amide bonds. The highest BCUT2D eigenvalue weighted by Crippen LogP contribution is 2.25. The third kappa shape index (κ3) is 4.57. The molecule has 0 saturated heterocycles. The van der Waals surface area contributed by atoms with Gasteiger partial charge in [0.2, 0.25) is 5.95 Å². The van der Waals surface area contributed by atoms with Crippen molar-refractivity contribution >= 4 is 5.95 Å². The lowest BCUT2D eigenvalue weighted by Crippen LogP contribution is -2.18. The highest BCUT2D eigenvalue weighted by Gasteiger charge is 2.15. The number of rotatable bonds is 7. The van der Waals surface area contributed by atoms with Crippen molar-refractivity contribution in [2.24, 2.45) is 0 Å². The van der Waals surface area contributed by atoms with Crippen LogP contribution in [0.1, 0.15) is 42.6 Å². The number of anilines is 1. The molecule has 1 heterocycles. The van der Waals surface area contributed by atoms with Gasteiger partial charge in [-0.25, -0.2) is 4.98 Å². The zero-order valence-electron chi connectivity index (χ0n) is 14.4. The molecule has 0 bridgehead atoms. The first-order chi connectivity index (χ1) is 12.3. The van der Waals surface area contributed by atoms with Crippen molar-refractivity contribution < 1.29 is 0 Å². The van der Waals surface area contributed by atoms with Crippen molar-refractivity contribution in [2.75, 3.05) is 5.32 Å². The standard InChI is InChI=1S/C21H23N3O/c1-2-3-14-18-15-19(25)23-21(22-18)24-20(16-10-6-4-7-11-16)17-12-8-5-9-13-17/h4-13,15,20H,2-3,14H2,1H3,(H2,22,23,24,25). The van der Waals surface area contributed by atoms with E-state index in [1.54, 1.807) is 6.07 Å². The Labute approximate surface area is 148 Å². The van der Waals surface area contributed by atoms with Crippen LogP contribution in [-0.2, 0) is 6.42 Å². The predicted octanol–water partition coefficient (Wildman–Crippen LogP) is 4.31. The monoisotopic (exact) mass is 333 g/mol. The summed E-state index contributed by atoms with van der Waals surface area (Å²) in [5.41, 5.74) is 2.95. The molecule has 128 valence electrons. The van der Waals surface area contributed by atoms with Gasteiger partial charge in [0.15, 0.2) is 0 Å². The van der Waals surface area contributed by atoms with E-state index in [-0.39, 0.29) is 11.6 Å². The molecule has 1 aromatic heterocycles. The van der Waals surface area contributed by atoms with Gasteiger partial charge in [-0.2, -0.15) is 0 Å². The summed E-state index contributed by atoms with van der Waals surface area (Å²) in [5, 5.41) is 3.40. The fourth-order valence-corrected chi connectivity index (χ4v) is 2.85. The van der Waals surface area contributed by atoms with Crippen molar-refractivity contribution in [1.29, 1.82) is 0 Å². The number of nitrogens with one attached hydrogen (secondary N) is 2.